The average molecular weight is 350 g/mol. The van der Waals surface area contributed by atoms with E-state index in [0.717, 1.165) is 5.01 Å². The van der Waals surface area contributed by atoms with Crippen molar-refractivity contribution >= 4 is 23.2 Å². The van der Waals surface area contributed by atoms with Crippen LogP contribution in [0.4, 0.5) is 4.39 Å². The number of amides is 2. The van der Waals surface area contributed by atoms with Gasteiger partial charge in [-0.15, -0.1) is 11.3 Å². The minimum atomic E-state index is -0.452. The number of thiazole rings is 1. The zero-order chi connectivity index (χ0) is 17.4. The molecule has 0 aliphatic carbocycles. The van der Waals surface area contributed by atoms with Crippen LogP contribution in [-0.2, 0) is 6.42 Å². The molecule has 4 N–H and O–H groups in total. The van der Waals surface area contributed by atoms with Crippen LogP contribution in [0.15, 0.2) is 29.6 Å². The Morgan fingerprint density at radius 2 is 1.96 bits per heavy atom. The molecular formula is C16H19FN4O2S. The van der Waals surface area contributed by atoms with Crippen LogP contribution in [0.1, 0.15) is 32.3 Å². The SMILES string of the molecule is NCCc1nc(C(=O)NCCCNC(=O)c2cccc(F)c2)cs1. The van der Waals surface area contributed by atoms with Crippen molar-refractivity contribution in [3.8, 4) is 0 Å². The van der Waals surface area contributed by atoms with Crippen LogP contribution >= 0.6 is 11.3 Å². The summed E-state index contributed by atoms with van der Waals surface area (Å²) in [6.07, 6.45) is 1.22. The van der Waals surface area contributed by atoms with Gasteiger partial charge < -0.3 is 16.4 Å². The topological polar surface area (TPSA) is 97.1 Å². The number of aromatic nitrogens is 1. The Morgan fingerprint density at radius 1 is 1.21 bits per heavy atom. The van der Waals surface area contributed by atoms with Gasteiger partial charge in [-0.25, -0.2) is 9.37 Å². The van der Waals surface area contributed by atoms with Crippen molar-refractivity contribution in [3.63, 3.8) is 0 Å². The highest BCUT2D eigenvalue weighted by molar-refractivity contribution is 7.09. The minimum Gasteiger partial charge on any atom is -0.352 e. The van der Waals surface area contributed by atoms with Crippen LogP contribution < -0.4 is 16.4 Å². The monoisotopic (exact) mass is 350 g/mol. The molecule has 1 aromatic carbocycles. The van der Waals surface area contributed by atoms with E-state index in [4.69, 9.17) is 5.73 Å². The minimum absolute atomic E-state index is 0.244. The third-order valence-electron chi connectivity index (χ3n) is 3.15. The van der Waals surface area contributed by atoms with Crippen LogP contribution in [-0.4, -0.2) is 36.4 Å². The number of rotatable bonds is 8. The summed E-state index contributed by atoms with van der Waals surface area (Å²) in [6, 6.07) is 5.49. The first-order valence-electron chi connectivity index (χ1n) is 7.56. The molecule has 0 bridgehead atoms. The number of nitrogens with one attached hydrogen (secondary N) is 2. The fourth-order valence-corrected chi connectivity index (χ4v) is 2.76. The Hall–Kier alpha value is -2.32. The van der Waals surface area contributed by atoms with E-state index in [1.165, 1.54) is 29.5 Å². The molecule has 0 aliphatic heterocycles. The molecule has 2 aromatic rings. The molecule has 128 valence electrons. The van der Waals surface area contributed by atoms with Gasteiger partial charge in [0.05, 0.1) is 5.01 Å². The molecule has 0 fully saturated rings. The fourth-order valence-electron chi connectivity index (χ4n) is 1.97. The summed E-state index contributed by atoms with van der Waals surface area (Å²) in [7, 11) is 0. The molecule has 0 atom stereocenters. The molecule has 2 amide bonds. The number of benzene rings is 1. The normalized spacial score (nSPS) is 10.4. The molecule has 2 rings (SSSR count). The maximum absolute atomic E-state index is 13.0. The summed E-state index contributed by atoms with van der Waals surface area (Å²) in [6.45, 7) is 1.29. The van der Waals surface area contributed by atoms with Crippen LogP contribution in [0.25, 0.3) is 0 Å². The van der Waals surface area contributed by atoms with E-state index in [2.05, 4.69) is 15.6 Å². The molecule has 0 unspecified atom stereocenters. The third-order valence-corrected chi connectivity index (χ3v) is 4.06. The van der Waals surface area contributed by atoms with Gasteiger partial charge >= 0.3 is 0 Å². The van der Waals surface area contributed by atoms with E-state index in [9.17, 15) is 14.0 Å². The number of hydrogen-bond acceptors (Lipinski definition) is 5. The lowest BCUT2D eigenvalue weighted by molar-refractivity contribution is 0.0948. The van der Waals surface area contributed by atoms with Crippen molar-refractivity contribution in [2.45, 2.75) is 12.8 Å². The molecule has 1 aromatic heterocycles. The van der Waals surface area contributed by atoms with E-state index in [-0.39, 0.29) is 17.4 Å². The first-order valence-corrected chi connectivity index (χ1v) is 8.44. The summed E-state index contributed by atoms with van der Waals surface area (Å²) in [5, 5.41) is 7.95. The number of carbonyl (C=O) groups excluding carboxylic acids is 2. The molecule has 24 heavy (non-hydrogen) atoms. The van der Waals surface area contributed by atoms with Gasteiger partial charge in [0.15, 0.2) is 0 Å². The van der Waals surface area contributed by atoms with Crippen molar-refractivity contribution in [1.82, 2.24) is 15.6 Å². The molecular weight excluding hydrogens is 331 g/mol. The molecule has 0 saturated carbocycles. The molecule has 0 saturated heterocycles. The zero-order valence-electron chi connectivity index (χ0n) is 13.0. The van der Waals surface area contributed by atoms with Crippen LogP contribution in [0.5, 0.6) is 0 Å². The Balaban J connectivity index is 1.67. The zero-order valence-corrected chi connectivity index (χ0v) is 13.9. The highest BCUT2D eigenvalue weighted by Crippen LogP contribution is 2.09. The number of halogens is 1. The van der Waals surface area contributed by atoms with Gasteiger partial charge in [-0.2, -0.15) is 0 Å². The van der Waals surface area contributed by atoms with E-state index in [1.54, 1.807) is 11.4 Å². The second-order valence-electron chi connectivity index (χ2n) is 5.04. The van der Waals surface area contributed by atoms with Crippen LogP contribution in [0.3, 0.4) is 0 Å². The van der Waals surface area contributed by atoms with Crippen molar-refractivity contribution in [2.24, 2.45) is 5.73 Å². The lowest BCUT2D eigenvalue weighted by Gasteiger charge is -2.06. The van der Waals surface area contributed by atoms with Crippen molar-refractivity contribution in [2.75, 3.05) is 19.6 Å². The number of carbonyl (C=O) groups is 2. The van der Waals surface area contributed by atoms with Gasteiger partial charge in [0.1, 0.15) is 11.5 Å². The van der Waals surface area contributed by atoms with Crippen LogP contribution in [0, 0.1) is 5.82 Å². The second kappa shape index (κ2) is 9.09. The molecule has 6 nitrogen and oxygen atoms in total. The fraction of sp³-hybridized carbons (Fsp3) is 0.312. The smallest absolute Gasteiger partial charge is 0.270 e. The van der Waals surface area contributed by atoms with Gasteiger partial charge in [-0.3, -0.25) is 9.59 Å². The Bertz CT molecular complexity index is 705. The van der Waals surface area contributed by atoms with Gasteiger partial charge in [-0.05, 0) is 31.2 Å². The summed E-state index contributed by atoms with van der Waals surface area (Å²) >= 11 is 1.41. The van der Waals surface area contributed by atoms with E-state index >= 15 is 0 Å². The molecule has 8 heteroatoms. The van der Waals surface area contributed by atoms with Gasteiger partial charge in [0, 0.05) is 30.5 Å². The maximum Gasteiger partial charge on any atom is 0.270 e. The summed E-state index contributed by atoms with van der Waals surface area (Å²) < 4.78 is 13.0. The van der Waals surface area contributed by atoms with Gasteiger partial charge in [-0.1, -0.05) is 6.07 Å². The Kier molecular flexibility index (Phi) is 6.83. The molecule has 0 aliphatic rings. The third kappa shape index (κ3) is 5.39. The lowest BCUT2D eigenvalue weighted by Crippen LogP contribution is -2.30. The second-order valence-corrected chi connectivity index (χ2v) is 5.98. The quantitative estimate of drug-likeness (QED) is 0.626. The summed E-state index contributed by atoms with van der Waals surface area (Å²) in [5.41, 5.74) is 6.10. The summed E-state index contributed by atoms with van der Waals surface area (Å²) in [5.74, 6) is -1.04. The van der Waals surface area contributed by atoms with Crippen molar-refractivity contribution in [1.29, 1.82) is 0 Å². The molecule has 0 radical (unpaired) electrons. The largest absolute Gasteiger partial charge is 0.352 e. The highest BCUT2D eigenvalue weighted by atomic mass is 32.1. The number of nitrogens with zero attached hydrogens (tertiary/aromatic N) is 1. The van der Waals surface area contributed by atoms with Gasteiger partial charge in [0.2, 0.25) is 0 Å². The molecule has 1 heterocycles. The number of hydrogen-bond donors (Lipinski definition) is 3. The average Bonchev–Trinajstić information content (AvgIpc) is 3.03. The van der Waals surface area contributed by atoms with Crippen LogP contribution in [0.2, 0.25) is 0 Å². The highest BCUT2D eigenvalue weighted by Gasteiger charge is 2.10. The van der Waals surface area contributed by atoms with Gasteiger partial charge in [0.25, 0.3) is 11.8 Å². The van der Waals surface area contributed by atoms with E-state index in [1.807, 2.05) is 0 Å². The predicted molar refractivity (Wildman–Crippen MR) is 90.6 cm³/mol. The standard InChI is InChI=1S/C16H19FN4O2S/c17-12-4-1-3-11(9-12)15(22)19-7-2-8-20-16(23)13-10-24-14(21-13)5-6-18/h1,3-4,9-10H,2,5-8,18H2,(H,19,22)(H,20,23). The van der Waals surface area contributed by atoms with Crippen molar-refractivity contribution < 1.29 is 14.0 Å². The predicted octanol–water partition coefficient (Wildman–Crippen LogP) is 1.33. The maximum atomic E-state index is 13.0. The number of nitrogens with two attached hydrogens (primary N) is 1. The van der Waals surface area contributed by atoms with E-state index in [0.29, 0.717) is 38.2 Å². The Labute approximate surface area is 143 Å². The van der Waals surface area contributed by atoms with E-state index < -0.39 is 5.82 Å². The summed E-state index contributed by atoms with van der Waals surface area (Å²) in [4.78, 5) is 27.9. The first-order chi connectivity index (χ1) is 11.6. The first kappa shape index (κ1) is 18.0. The van der Waals surface area contributed by atoms with Crippen molar-refractivity contribution in [3.05, 3.63) is 51.7 Å². The lowest BCUT2D eigenvalue weighted by atomic mass is 10.2. The Morgan fingerprint density at radius 3 is 2.67 bits per heavy atom. The molecule has 0 spiro atoms.